The molecular formula is C29H26N2O2. The average molecular weight is 435 g/mol. The fourth-order valence-corrected chi connectivity index (χ4v) is 5.42. The topological polar surface area (TPSA) is 55.1 Å². The van der Waals surface area contributed by atoms with Gasteiger partial charge in [-0.25, -0.2) is 4.98 Å². The van der Waals surface area contributed by atoms with Crippen molar-refractivity contribution in [1.82, 2.24) is 9.55 Å². The standard InChI is InChI=1S/C29H26N2O2/c32-27-12-6-5-11-26(27)31-18-30-28-24-10-4-3-9-23(24)22(17-25(28)29(31)33)16-19-13-14-20-7-1-2-8-21(20)15-19/h1-4,7-10,13-15,17-18,26-27,32H,5-6,11-12,16H2/t26-,27-/m0/s1. The van der Waals surface area contributed by atoms with Gasteiger partial charge >= 0.3 is 0 Å². The number of nitrogens with zero attached hydrogens (tertiary/aromatic N) is 2. The van der Waals surface area contributed by atoms with Gasteiger partial charge in [-0.3, -0.25) is 9.36 Å². The molecule has 0 aliphatic heterocycles. The highest BCUT2D eigenvalue weighted by molar-refractivity contribution is 6.06. The summed E-state index contributed by atoms with van der Waals surface area (Å²) in [6.07, 6.45) is 5.46. The molecule has 0 unspecified atom stereocenters. The minimum atomic E-state index is -0.492. The molecule has 1 aliphatic rings. The zero-order valence-electron chi connectivity index (χ0n) is 18.4. The molecule has 0 saturated heterocycles. The number of aliphatic hydroxyl groups is 1. The third-order valence-electron chi connectivity index (χ3n) is 7.14. The van der Waals surface area contributed by atoms with Crippen molar-refractivity contribution in [2.24, 2.45) is 0 Å². The van der Waals surface area contributed by atoms with E-state index in [-0.39, 0.29) is 11.6 Å². The van der Waals surface area contributed by atoms with E-state index < -0.39 is 6.10 Å². The van der Waals surface area contributed by atoms with Gasteiger partial charge in [-0.15, -0.1) is 0 Å². The van der Waals surface area contributed by atoms with Gasteiger partial charge in [-0.05, 0) is 52.6 Å². The Hall–Kier alpha value is -3.50. The number of aliphatic hydroxyl groups excluding tert-OH is 1. The van der Waals surface area contributed by atoms with Crippen molar-refractivity contribution in [2.75, 3.05) is 0 Å². The zero-order chi connectivity index (χ0) is 22.4. The third-order valence-corrected chi connectivity index (χ3v) is 7.14. The van der Waals surface area contributed by atoms with E-state index in [2.05, 4.69) is 48.5 Å². The first-order valence-corrected chi connectivity index (χ1v) is 11.8. The SMILES string of the molecule is O=c1c2cc(Cc3ccc4ccccc4c3)c3ccccc3c2ncn1[C@H]1CCCC[C@@H]1O. The fourth-order valence-electron chi connectivity index (χ4n) is 5.42. The predicted octanol–water partition coefficient (Wildman–Crippen LogP) is 5.77. The smallest absolute Gasteiger partial charge is 0.261 e. The third kappa shape index (κ3) is 3.51. The molecule has 164 valence electrons. The van der Waals surface area contributed by atoms with Crippen LogP contribution in [-0.4, -0.2) is 20.8 Å². The van der Waals surface area contributed by atoms with E-state index in [1.54, 1.807) is 10.9 Å². The van der Waals surface area contributed by atoms with Crippen molar-refractivity contribution in [3.8, 4) is 0 Å². The van der Waals surface area contributed by atoms with Gasteiger partial charge in [-0.1, -0.05) is 79.6 Å². The van der Waals surface area contributed by atoms with E-state index in [1.807, 2.05) is 24.3 Å². The number of benzene rings is 4. The lowest BCUT2D eigenvalue weighted by molar-refractivity contribution is 0.0735. The Kier molecular flexibility index (Phi) is 4.96. The molecule has 4 nitrogen and oxygen atoms in total. The van der Waals surface area contributed by atoms with E-state index in [1.165, 1.54) is 16.3 Å². The Morgan fingerprint density at radius 2 is 1.61 bits per heavy atom. The van der Waals surface area contributed by atoms with Gasteiger partial charge in [0.15, 0.2) is 0 Å². The number of aromatic nitrogens is 2. The second-order valence-corrected chi connectivity index (χ2v) is 9.21. The van der Waals surface area contributed by atoms with Gasteiger partial charge in [0.2, 0.25) is 0 Å². The van der Waals surface area contributed by atoms with E-state index in [0.29, 0.717) is 5.39 Å². The molecule has 33 heavy (non-hydrogen) atoms. The molecule has 0 spiro atoms. The van der Waals surface area contributed by atoms with Crippen molar-refractivity contribution in [3.05, 3.63) is 101 Å². The van der Waals surface area contributed by atoms with Crippen LogP contribution in [0.4, 0.5) is 0 Å². The molecule has 0 amide bonds. The quantitative estimate of drug-likeness (QED) is 0.367. The van der Waals surface area contributed by atoms with Crippen LogP contribution in [0.2, 0.25) is 0 Å². The van der Waals surface area contributed by atoms with Crippen LogP contribution in [0.25, 0.3) is 32.4 Å². The van der Waals surface area contributed by atoms with Crippen LogP contribution in [0.15, 0.2) is 83.9 Å². The maximum absolute atomic E-state index is 13.6. The summed E-state index contributed by atoms with van der Waals surface area (Å²) >= 11 is 0. The van der Waals surface area contributed by atoms with E-state index in [9.17, 15) is 9.90 Å². The fraction of sp³-hybridized carbons (Fsp3) is 0.241. The molecule has 4 aromatic carbocycles. The first-order valence-electron chi connectivity index (χ1n) is 11.8. The van der Waals surface area contributed by atoms with Gasteiger partial charge < -0.3 is 5.11 Å². The monoisotopic (exact) mass is 434 g/mol. The minimum absolute atomic E-state index is 0.0588. The van der Waals surface area contributed by atoms with E-state index in [0.717, 1.165) is 54.0 Å². The largest absolute Gasteiger partial charge is 0.391 e. The molecule has 6 rings (SSSR count). The Labute approximate surface area is 192 Å². The van der Waals surface area contributed by atoms with Crippen LogP contribution in [-0.2, 0) is 6.42 Å². The predicted molar refractivity (Wildman–Crippen MR) is 134 cm³/mol. The first-order chi connectivity index (χ1) is 16.2. The number of rotatable bonds is 3. The Balaban J connectivity index is 1.52. The van der Waals surface area contributed by atoms with Crippen molar-refractivity contribution in [1.29, 1.82) is 0 Å². The minimum Gasteiger partial charge on any atom is -0.391 e. The van der Waals surface area contributed by atoms with Gasteiger partial charge in [-0.2, -0.15) is 0 Å². The highest BCUT2D eigenvalue weighted by atomic mass is 16.3. The molecule has 1 saturated carbocycles. The first kappa shape index (κ1) is 20.1. The summed E-state index contributed by atoms with van der Waals surface area (Å²) in [7, 11) is 0. The molecule has 4 heteroatoms. The normalized spacial score (nSPS) is 18.8. The van der Waals surface area contributed by atoms with Crippen LogP contribution in [0.1, 0.15) is 42.9 Å². The van der Waals surface area contributed by atoms with Crippen molar-refractivity contribution in [2.45, 2.75) is 44.2 Å². The second-order valence-electron chi connectivity index (χ2n) is 9.21. The molecule has 2 atom stereocenters. The highest BCUT2D eigenvalue weighted by Crippen LogP contribution is 2.31. The maximum atomic E-state index is 13.6. The summed E-state index contributed by atoms with van der Waals surface area (Å²) in [5.41, 5.74) is 3.01. The van der Waals surface area contributed by atoms with E-state index in [4.69, 9.17) is 4.98 Å². The van der Waals surface area contributed by atoms with Crippen molar-refractivity contribution in [3.63, 3.8) is 0 Å². The molecule has 1 N–H and O–H groups in total. The Morgan fingerprint density at radius 1 is 0.848 bits per heavy atom. The second kappa shape index (κ2) is 8.13. The summed E-state index contributed by atoms with van der Waals surface area (Å²) in [6.45, 7) is 0. The van der Waals surface area contributed by atoms with Crippen LogP contribution in [0, 0.1) is 0 Å². The van der Waals surface area contributed by atoms with Crippen LogP contribution >= 0.6 is 0 Å². The molecule has 1 aromatic heterocycles. The maximum Gasteiger partial charge on any atom is 0.261 e. The lowest BCUT2D eigenvalue weighted by atomic mass is 9.92. The number of hydrogen-bond acceptors (Lipinski definition) is 3. The number of hydrogen-bond donors (Lipinski definition) is 1. The Bertz CT molecular complexity index is 1550. The van der Waals surface area contributed by atoms with Crippen LogP contribution in [0.5, 0.6) is 0 Å². The molecule has 1 aliphatic carbocycles. The van der Waals surface area contributed by atoms with E-state index >= 15 is 0 Å². The molecule has 5 aromatic rings. The summed E-state index contributed by atoms with van der Waals surface area (Å²) in [5.74, 6) is 0. The molecular weight excluding hydrogens is 408 g/mol. The zero-order valence-corrected chi connectivity index (χ0v) is 18.4. The lowest BCUT2D eigenvalue weighted by Crippen LogP contribution is -2.34. The highest BCUT2D eigenvalue weighted by Gasteiger charge is 2.26. The summed E-state index contributed by atoms with van der Waals surface area (Å²) in [6, 6.07) is 25.0. The van der Waals surface area contributed by atoms with Crippen LogP contribution in [0.3, 0.4) is 0 Å². The summed E-state index contributed by atoms with van der Waals surface area (Å²) in [4.78, 5) is 18.3. The Morgan fingerprint density at radius 3 is 2.45 bits per heavy atom. The molecule has 1 heterocycles. The summed E-state index contributed by atoms with van der Waals surface area (Å²) < 4.78 is 1.67. The lowest BCUT2D eigenvalue weighted by Gasteiger charge is -2.29. The van der Waals surface area contributed by atoms with Crippen LogP contribution < -0.4 is 5.56 Å². The van der Waals surface area contributed by atoms with Gasteiger partial charge in [0.05, 0.1) is 29.4 Å². The van der Waals surface area contributed by atoms with Crippen molar-refractivity contribution >= 4 is 32.4 Å². The summed E-state index contributed by atoms with van der Waals surface area (Å²) in [5, 5.41) is 15.7. The molecule has 0 bridgehead atoms. The molecule has 0 radical (unpaired) electrons. The van der Waals surface area contributed by atoms with Gasteiger partial charge in [0.25, 0.3) is 5.56 Å². The molecule has 1 fully saturated rings. The van der Waals surface area contributed by atoms with Gasteiger partial charge in [0, 0.05) is 5.39 Å². The average Bonchev–Trinajstić information content (AvgIpc) is 2.85. The number of fused-ring (bicyclic) bond motifs is 4. The van der Waals surface area contributed by atoms with Crippen molar-refractivity contribution < 1.29 is 5.11 Å². The van der Waals surface area contributed by atoms with Gasteiger partial charge in [0.1, 0.15) is 0 Å².